The summed E-state index contributed by atoms with van der Waals surface area (Å²) >= 11 is 0. The Morgan fingerprint density at radius 1 is 1.50 bits per heavy atom. The van der Waals surface area contributed by atoms with E-state index in [0.29, 0.717) is 0 Å². The van der Waals surface area contributed by atoms with E-state index in [-0.39, 0.29) is 5.41 Å². The van der Waals surface area contributed by atoms with Crippen LogP contribution in [0.1, 0.15) is 27.7 Å². The van der Waals surface area contributed by atoms with Gasteiger partial charge in [-0.1, -0.05) is 27.7 Å². The van der Waals surface area contributed by atoms with Gasteiger partial charge in [0.05, 0.1) is 6.67 Å². The van der Waals surface area contributed by atoms with E-state index in [0.717, 1.165) is 19.9 Å². The zero-order valence-corrected chi connectivity index (χ0v) is 8.52. The molecule has 0 aromatic carbocycles. The second kappa shape index (κ2) is 3.44. The molecule has 3 heteroatoms. The largest absolute Gasteiger partial charge is 0.327 e. The molecule has 12 heavy (non-hydrogen) atoms. The number of nitrogens with zero attached hydrogens (tertiary/aromatic N) is 2. The van der Waals surface area contributed by atoms with Crippen molar-refractivity contribution >= 4 is 5.84 Å². The fraction of sp³-hybridized carbons (Fsp3) is 0.889. The Morgan fingerprint density at radius 2 is 2.17 bits per heavy atom. The van der Waals surface area contributed by atoms with Gasteiger partial charge in [0.2, 0.25) is 0 Å². The van der Waals surface area contributed by atoms with Gasteiger partial charge in [-0.25, -0.2) is 0 Å². The number of hydrogen-bond donors (Lipinski definition) is 1. The highest BCUT2D eigenvalue weighted by atomic mass is 15.4. The molecule has 0 amide bonds. The van der Waals surface area contributed by atoms with Crippen molar-refractivity contribution in [2.75, 3.05) is 19.9 Å². The van der Waals surface area contributed by atoms with Crippen LogP contribution in [-0.2, 0) is 0 Å². The highest BCUT2D eigenvalue weighted by Crippen LogP contribution is 2.23. The first-order valence-corrected chi connectivity index (χ1v) is 4.56. The van der Waals surface area contributed by atoms with Crippen LogP contribution in [0.5, 0.6) is 0 Å². The molecular formula is C9H19N3. The van der Waals surface area contributed by atoms with Crippen molar-refractivity contribution < 1.29 is 0 Å². The minimum absolute atomic E-state index is 0.202. The van der Waals surface area contributed by atoms with Crippen LogP contribution in [0.25, 0.3) is 0 Å². The molecule has 70 valence electrons. The topological polar surface area (TPSA) is 27.6 Å². The van der Waals surface area contributed by atoms with Gasteiger partial charge in [-0.05, 0) is 6.54 Å². The summed E-state index contributed by atoms with van der Waals surface area (Å²) in [5.41, 5.74) is 0.202. The molecule has 0 saturated carbocycles. The van der Waals surface area contributed by atoms with Crippen molar-refractivity contribution in [1.29, 1.82) is 0 Å². The van der Waals surface area contributed by atoms with Crippen LogP contribution < -0.4 is 5.32 Å². The normalized spacial score (nSPS) is 17.3. The average molecular weight is 169 g/mol. The van der Waals surface area contributed by atoms with Gasteiger partial charge < -0.3 is 10.2 Å². The summed E-state index contributed by atoms with van der Waals surface area (Å²) < 4.78 is 0. The third kappa shape index (κ3) is 1.97. The van der Waals surface area contributed by atoms with E-state index in [4.69, 9.17) is 0 Å². The van der Waals surface area contributed by atoms with Crippen LogP contribution in [0.3, 0.4) is 0 Å². The Labute approximate surface area is 74.9 Å². The van der Waals surface area contributed by atoms with Gasteiger partial charge in [0.15, 0.2) is 0 Å². The summed E-state index contributed by atoms with van der Waals surface area (Å²) in [6, 6.07) is 0. The SMILES string of the molecule is CCNCN1CN=C1C(C)(C)C. The molecule has 0 aromatic rings. The van der Waals surface area contributed by atoms with Crippen molar-refractivity contribution in [3.05, 3.63) is 0 Å². The number of rotatable bonds is 3. The molecule has 0 bridgehead atoms. The maximum atomic E-state index is 4.38. The smallest absolute Gasteiger partial charge is 0.114 e. The zero-order chi connectivity index (χ0) is 9.19. The van der Waals surface area contributed by atoms with Gasteiger partial charge in [0.1, 0.15) is 12.5 Å². The van der Waals surface area contributed by atoms with Crippen molar-refractivity contribution in [3.63, 3.8) is 0 Å². The molecule has 0 radical (unpaired) electrons. The van der Waals surface area contributed by atoms with Gasteiger partial charge in [-0.15, -0.1) is 0 Å². The highest BCUT2D eigenvalue weighted by molar-refractivity contribution is 5.90. The second-order valence-electron chi connectivity index (χ2n) is 4.17. The molecule has 1 aliphatic heterocycles. The lowest BCUT2D eigenvalue weighted by atomic mass is 9.93. The fourth-order valence-electron chi connectivity index (χ4n) is 1.32. The third-order valence-corrected chi connectivity index (χ3v) is 1.91. The van der Waals surface area contributed by atoms with Crippen LogP contribution in [0.15, 0.2) is 4.99 Å². The zero-order valence-electron chi connectivity index (χ0n) is 8.52. The van der Waals surface area contributed by atoms with E-state index in [1.807, 2.05) is 0 Å². The van der Waals surface area contributed by atoms with Crippen molar-refractivity contribution in [2.24, 2.45) is 10.4 Å². The summed E-state index contributed by atoms with van der Waals surface area (Å²) in [6.07, 6.45) is 0. The van der Waals surface area contributed by atoms with Gasteiger partial charge in [-0.2, -0.15) is 0 Å². The number of amidine groups is 1. The molecule has 0 fully saturated rings. The standard InChI is InChI=1S/C9H19N3/c1-5-10-6-12-7-11-8(12)9(2,3)4/h10H,5-7H2,1-4H3. The van der Waals surface area contributed by atoms with Crippen molar-refractivity contribution in [1.82, 2.24) is 10.2 Å². The fourth-order valence-corrected chi connectivity index (χ4v) is 1.32. The molecule has 1 N–H and O–H groups in total. The van der Waals surface area contributed by atoms with Crippen LogP contribution in [0.4, 0.5) is 0 Å². The first-order valence-electron chi connectivity index (χ1n) is 4.56. The molecule has 1 aliphatic rings. The Hall–Kier alpha value is -0.570. The number of nitrogens with one attached hydrogen (secondary N) is 1. The number of aliphatic imine (C=N–C) groups is 1. The summed E-state index contributed by atoms with van der Waals surface area (Å²) in [6.45, 7) is 11.5. The maximum Gasteiger partial charge on any atom is 0.114 e. The van der Waals surface area contributed by atoms with Crippen LogP contribution in [0, 0.1) is 5.41 Å². The molecule has 0 saturated heterocycles. The van der Waals surface area contributed by atoms with E-state index in [1.54, 1.807) is 0 Å². The first kappa shape index (κ1) is 9.52. The van der Waals surface area contributed by atoms with E-state index in [9.17, 15) is 0 Å². The molecular weight excluding hydrogens is 150 g/mol. The highest BCUT2D eigenvalue weighted by Gasteiger charge is 2.29. The summed E-state index contributed by atoms with van der Waals surface area (Å²) in [5.74, 6) is 1.23. The quantitative estimate of drug-likeness (QED) is 0.689. The molecule has 0 atom stereocenters. The molecule has 0 spiro atoms. The molecule has 0 aromatic heterocycles. The van der Waals surface area contributed by atoms with E-state index in [1.165, 1.54) is 5.84 Å². The monoisotopic (exact) mass is 169 g/mol. The van der Waals surface area contributed by atoms with Crippen molar-refractivity contribution in [3.8, 4) is 0 Å². The van der Waals surface area contributed by atoms with Crippen LogP contribution >= 0.6 is 0 Å². The van der Waals surface area contributed by atoms with Gasteiger partial charge in [0.25, 0.3) is 0 Å². The predicted molar refractivity (Wildman–Crippen MR) is 52.1 cm³/mol. The maximum absolute atomic E-state index is 4.38. The Kier molecular flexibility index (Phi) is 2.73. The molecule has 0 aliphatic carbocycles. The third-order valence-electron chi connectivity index (χ3n) is 1.91. The lowest BCUT2D eigenvalue weighted by Gasteiger charge is -2.39. The summed E-state index contributed by atoms with van der Waals surface area (Å²) in [5, 5.41) is 3.30. The van der Waals surface area contributed by atoms with Gasteiger partial charge in [0, 0.05) is 5.41 Å². The number of hydrogen-bond acceptors (Lipinski definition) is 3. The van der Waals surface area contributed by atoms with Crippen molar-refractivity contribution in [2.45, 2.75) is 27.7 Å². The molecule has 1 rings (SSSR count). The minimum Gasteiger partial charge on any atom is -0.327 e. The van der Waals surface area contributed by atoms with Crippen LogP contribution in [-0.4, -0.2) is 30.6 Å². The predicted octanol–water partition coefficient (Wildman–Crippen LogP) is 1.27. The first-order chi connectivity index (χ1) is 5.55. The van der Waals surface area contributed by atoms with Gasteiger partial charge in [-0.3, -0.25) is 4.99 Å². The minimum atomic E-state index is 0.202. The molecule has 0 unspecified atom stereocenters. The second-order valence-corrected chi connectivity index (χ2v) is 4.17. The van der Waals surface area contributed by atoms with Crippen LogP contribution in [0.2, 0.25) is 0 Å². The van der Waals surface area contributed by atoms with Gasteiger partial charge >= 0.3 is 0 Å². The summed E-state index contributed by atoms with van der Waals surface area (Å²) in [7, 11) is 0. The Morgan fingerprint density at radius 3 is 2.50 bits per heavy atom. The lowest BCUT2D eigenvalue weighted by Crippen LogP contribution is -2.50. The lowest BCUT2D eigenvalue weighted by molar-refractivity contribution is 0.308. The molecule has 3 nitrogen and oxygen atoms in total. The van der Waals surface area contributed by atoms with E-state index in [2.05, 4.69) is 42.9 Å². The molecule has 1 heterocycles. The summed E-state index contributed by atoms with van der Waals surface area (Å²) in [4.78, 5) is 6.66. The Bertz CT molecular complexity index is 179. The average Bonchev–Trinajstić information content (AvgIpc) is 1.82. The Balaban J connectivity index is 2.39. The van der Waals surface area contributed by atoms with E-state index < -0.39 is 0 Å². The van der Waals surface area contributed by atoms with E-state index >= 15 is 0 Å².